The molecular weight excluding hydrogens is 289 g/mol. The number of carbonyl (C=O) groups excluding carboxylic acids is 1. The highest BCUT2D eigenvalue weighted by Crippen LogP contribution is 2.21. The van der Waals surface area contributed by atoms with E-state index in [1.165, 1.54) is 24.3 Å². The second-order valence-corrected chi connectivity index (χ2v) is 6.20. The van der Waals surface area contributed by atoms with Crippen molar-refractivity contribution in [3.8, 4) is 0 Å². The minimum Gasteiger partial charge on any atom is -0.322 e. The average Bonchev–Trinajstić information content (AvgIpc) is 2.43. The first-order valence-corrected chi connectivity index (χ1v) is 8.15. The number of nitrogens with one attached hydrogen (secondary N) is 1. The molecule has 0 unspecified atom stereocenters. The number of halogens is 1. The van der Waals surface area contributed by atoms with Crippen LogP contribution in [0.1, 0.15) is 21.5 Å². The lowest BCUT2D eigenvalue weighted by atomic mass is 10.1. The lowest BCUT2D eigenvalue weighted by molar-refractivity contribution is 0.102. The number of hydrogen-bond donors (Lipinski definition) is 1. The zero-order valence-electron chi connectivity index (χ0n) is 11.9. The van der Waals surface area contributed by atoms with Crippen molar-refractivity contribution in [3.05, 3.63) is 65.0 Å². The third-order valence-corrected chi connectivity index (χ3v) is 3.88. The van der Waals surface area contributed by atoms with Gasteiger partial charge in [0.15, 0.2) is 0 Å². The van der Waals surface area contributed by atoms with Crippen molar-refractivity contribution in [1.29, 1.82) is 0 Å². The lowest BCUT2D eigenvalue weighted by Gasteiger charge is -2.12. The predicted octanol–water partition coefficient (Wildman–Crippen LogP) is 3.26. The van der Waals surface area contributed by atoms with Crippen molar-refractivity contribution >= 4 is 22.4 Å². The van der Waals surface area contributed by atoms with Crippen LogP contribution in [-0.4, -0.2) is 16.4 Å². The van der Waals surface area contributed by atoms with Crippen molar-refractivity contribution in [3.63, 3.8) is 0 Å². The number of carbonyl (C=O) groups is 1. The molecule has 0 aliphatic carbocycles. The van der Waals surface area contributed by atoms with E-state index < -0.39 is 10.8 Å². The van der Waals surface area contributed by atoms with Crippen LogP contribution in [0.3, 0.4) is 0 Å². The molecule has 21 heavy (non-hydrogen) atoms. The summed E-state index contributed by atoms with van der Waals surface area (Å²) in [6.07, 6.45) is 1.64. The first-order valence-electron chi connectivity index (χ1n) is 6.43. The Bertz CT molecular complexity index is 683. The molecule has 0 aliphatic rings. The summed E-state index contributed by atoms with van der Waals surface area (Å²) in [6.45, 7) is 1.88. The van der Waals surface area contributed by atoms with Crippen LogP contribution >= 0.6 is 0 Å². The van der Waals surface area contributed by atoms with Gasteiger partial charge in [-0.3, -0.25) is 9.00 Å². The molecule has 1 atom stereocenters. The van der Waals surface area contributed by atoms with E-state index in [0.29, 0.717) is 17.0 Å². The van der Waals surface area contributed by atoms with Gasteiger partial charge in [0.2, 0.25) is 0 Å². The van der Waals surface area contributed by atoms with Gasteiger partial charge in [-0.25, -0.2) is 4.39 Å². The van der Waals surface area contributed by atoms with Gasteiger partial charge in [-0.1, -0.05) is 12.1 Å². The number of anilines is 1. The van der Waals surface area contributed by atoms with Crippen molar-refractivity contribution < 1.29 is 13.4 Å². The van der Waals surface area contributed by atoms with E-state index in [0.717, 1.165) is 11.1 Å². The zero-order chi connectivity index (χ0) is 15.4. The van der Waals surface area contributed by atoms with E-state index in [2.05, 4.69) is 5.32 Å². The van der Waals surface area contributed by atoms with Gasteiger partial charge in [0.25, 0.3) is 5.91 Å². The highest BCUT2D eigenvalue weighted by Gasteiger charge is 2.10. The van der Waals surface area contributed by atoms with Crippen molar-refractivity contribution in [2.75, 3.05) is 11.6 Å². The summed E-state index contributed by atoms with van der Waals surface area (Å²) in [6, 6.07) is 10.9. The SMILES string of the molecule is Cc1c(C[S@@](C)=O)cccc1NC(=O)c1ccc(F)cc1. The Morgan fingerprint density at radius 1 is 1.19 bits per heavy atom. The molecule has 0 heterocycles. The minimum absolute atomic E-state index is 0.298. The maximum Gasteiger partial charge on any atom is 0.255 e. The van der Waals surface area contributed by atoms with Crippen LogP contribution in [0.15, 0.2) is 42.5 Å². The molecule has 2 aromatic rings. The summed E-state index contributed by atoms with van der Waals surface area (Å²) in [5, 5.41) is 2.80. The smallest absolute Gasteiger partial charge is 0.255 e. The molecule has 5 heteroatoms. The van der Waals surface area contributed by atoms with Crippen molar-refractivity contribution in [2.45, 2.75) is 12.7 Å². The van der Waals surface area contributed by atoms with Crippen LogP contribution in [-0.2, 0) is 16.6 Å². The Hall–Kier alpha value is -2.01. The summed E-state index contributed by atoms with van der Waals surface area (Å²) in [4.78, 5) is 12.1. The molecule has 0 spiro atoms. The molecule has 1 N–H and O–H groups in total. The normalized spacial score (nSPS) is 12.0. The number of rotatable bonds is 4. The standard InChI is InChI=1S/C16H16FNO2S/c1-11-13(10-21(2)20)4-3-5-15(11)18-16(19)12-6-8-14(17)9-7-12/h3-9H,10H2,1-2H3,(H,18,19)/t21-/m1/s1. The Labute approximate surface area is 125 Å². The monoisotopic (exact) mass is 305 g/mol. The van der Waals surface area contributed by atoms with Crippen LogP contribution in [0.4, 0.5) is 10.1 Å². The average molecular weight is 305 g/mol. The molecule has 0 radical (unpaired) electrons. The highest BCUT2D eigenvalue weighted by molar-refractivity contribution is 7.83. The Kier molecular flexibility index (Phi) is 4.85. The summed E-state index contributed by atoms with van der Waals surface area (Å²) in [5.74, 6) is -0.227. The summed E-state index contributed by atoms with van der Waals surface area (Å²) in [5.41, 5.74) is 2.89. The largest absolute Gasteiger partial charge is 0.322 e. The van der Waals surface area contributed by atoms with Crippen LogP contribution in [0, 0.1) is 12.7 Å². The molecule has 0 aliphatic heterocycles. The van der Waals surface area contributed by atoms with E-state index in [1.807, 2.05) is 19.1 Å². The maximum atomic E-state index is 12.9. The van der Waals surface area contributed by atoms with Gasteiger partial charge < -0.3 is 5.32 Å². The molecule has 110 valence electrons. The number of amides is 1. The van der Waals surface area contributed by atoms with Gasteiger partial charge in [-0.15, -0.1) is 0 Å². The van der Waals surface area contributed by atoms with Gasteiger partial charge in [0.05, 0.1) is 0 Å². The van der Waals surface area contributed by atoms with Gasteiger partial charge >= 0.3 is 0 Å². The van der Waals surface area contributed by atoms with Gasteiger partial charge in [-0.05, 0) is 48.4 Å². The van der Waals surface area contributed by atoms with Gasteiger partial charge in [-0.2, -0.15) is 0 Å². The zero-order valence-corrected chi connectivity index (χ0v) is 12.7. The topological polar surface area (TPSA) is 46.2 Å². The summed E-state index contributed by atoms with van der Waals surface area (Å²) < 4.78 is 24.2. The fraction of sp³-hybridized carbons (Fsp3) is 0.188. The third-order valence-electron chi connectivity index (χ3n) is 3.16. The first kappa shape index (κ1) is 15.4. The van der Waals surface area contributed by atoms with Crippen molar-refractivity contribution in [1.82, 2.24) is 0 Å². The van der Waals surface area contributed by atoms with E-state index in [1.54, 1.807) is 12.3 Å². The predicted molar refractivity (Wildman–Crippen MR) is 83.3 cm³/mol. The summed E-state index contributed by atoms with van der Waals surface area (Å²) in [7, 11) is -0.941. The van der Waals surface area contributed by atoms with Crippen LogP contribution < -0.4 is 5.32 Å². The molecule has 2 aromatic carbocycles. The fourth-order valence-electron chi connectivity index (χ4n) is 1.99. The highest BCUT2D eigenvalue weighted by atomic mass is 32.2. The van der Waals surface area contributed by atoms with E-state index in [9.17, 15) is 13.4 Å². The maximum absolute atomic E-state index is 12.9. The number of hydrogen-bond acceptors (Lipinski definition) is 2. The lowest BCUT2D eigenvalue weighted by Crippen LogP contribution is -2.13. The fourth-order valence-corrected chi connectivity index (χ4v) is 2.74. The molecular formula is C16H16FNO2S. The quantitative estimate of drug-likeness (QED) is 0.942. The van der Waals surface area contributed by atoms with Crippen LogP contribution in [0.25, 0.3) is 0 Å². The molecule has 0 bridgehead atoms. The van der Waals surface area contributed by atoms with Crippen LogP contribution in [0.2, 0.25) is 0 Å². The second kappa shape index (κ2) is 6.63. The Balaban J connectivity index is 2.21. The van der Waals surface area contributed by atoms with Crippen LogP contribution in [0.5, 0.6) is 0 Å². The second-order valence-electron chi connectivity index (χ2n) is 4.77. The molecule has 2 rings (SSSR count). The molecule has 3 nitrogen and oxygen atoms in total. The Morgan fingerprint density at radius 2 is 1.86 bits per heavy atom. The number of benzene rings is 2. The minimum atomic E-state index is -0.941. The third kappa shape index (κ3) is 3.98. The first-order chi connectivity index (χ1) is 9.97. The molecule has 1 amide bonds. The molecule has 0 saturated carbocycles. The van der Waals surface area contributed by atoms with Crippen molar-refractivity contribution in [2.24, 2.45) is 0 Å². The summed E-state index contributed by atoms with van der Waals surface area (Å²) >= 11 is 0. The van der Waals surface area contributed by atoms with E-state index in [4.69, 9.17) is 0 Å². The van der Waals surface area contributed by atoms with E-state index >= 15 is 0 Å². The molecule has 0 saturated heterocycles. The molecule has 0 aromatic heterocycles. The van der Waals surface area contributed by atoms with E-state index in [-0.39, 0.29) is 11.7 Å². The molecule has 0 fully saturated rings. The van der Waals surface area contributed by atoms with Gasteiger partial charge in [0, 0.05) is 34.1 Å². The Morgan fingerprint density at radius 3 is 2.48 bits per heavy atom. The van der Waals surface area contributed by atoms with Gasteiger partial charge in [0.1, 0.15) is 5.82 Å².